The summed E-state index contributed by atoms with van der Waals surface area (Å²) in [5.41, 5.74) is 0. The Bertz CT molecular complexity index is 350. The molecule has 0 aromatic rings. The lowest BCUT2D eigenvalue weighted by molar-refractivity contribution is 0.552. The van der Waals surface area contributed by atoms with Gasteiger partial charge in [-0.25, -0.2) is 28.1 Å². The number of nitrogens with zero attached hydrogens (tertiary/aromatic N) is 2. The zero-order valence-corrected chi connectivity index (χ0v) is 7.32. The SMILES string of the molecule is NS(=O)(=O)CC(CN=C=O)N=C=O. The summed E-state index contributed by atoms with van der Waals surface area (Å²) in [5, 5.41) is 4.68. The molecule has 0 amide bonds. The first kappa shape index (κ1) is 11.7. The summed E-state index contributed by atoms with van der Waals surface area (Å²) >= 11 is 0. The van der Waals surface area contributed by atoms with Gasteiger partial charge in [0.05, 0.1) is 18.3 Å². The maximum absolute atomic E-state index is 10.5. The molecule has 2 N–H and O–H groups in total. The highest BCUT2D eigenvalue weighted by Gasteiger charge is 2.14. The van der Waals surface area contributed by atoms with E-state index in [-0.39, 0.29) is 6.54 Å². The van der Waals surface area contributed by atoms with E-state index in [0.29, 0.717) is 0 Å². The van der Waals surface area contributed by atoms with Gasteiger partial charge < -0.3 is 0 Å². The summed E-state index contributed by atoms with van der Waals surface area (Å²) in [5.74, 6) is -0.548. The van der Waals surface area contributed by atoms with Crippen molar-refractivity contribution in [2.75, 3.05) is 12.3 Å². The van der Waals surface area contributed by atoms with Gasteiger partial charge in [-0.2, -0.15) is 4.99 Å². The first-order valence-corrected chi connectivity index (χ1v) is 4.82. The van der Waals surface area contributed by atoms with Crippen molar-refractivity contribution in [3.05, 3.63) is 0 Å². The molecular weight excluding hydrogens is 198 g/mol. The lowest BCUT2D eigenvalue weighted by atomic mass is 10.4. The fourth-order valence-electron chi connectivity index (χ4n) is 0.616. The van der Waals surface area contributed by atoms with Crippen molar-refractivity contribution in [3.8, 4) is 0 Å². The van der Waals surface area contributed by atoms with Crippen LogP contribution in [0.25, 0.3) is 0 Å². The van der Waals surface area contributed by atoms with Crippen LogP contribution in [0.4, 0.5) is 0 Å². The molecule has 0 aliphatic carbocycles. The molecule has 0 saturated carbocycles. The van der Waals surface area contributed by atoms with Crippen molar-refractivity contribution in [1.29, 1.82) is 0 Å². The molecule has 0 radical (unpaired) electrons. The Morgan fingerprint density at radius 2 is 1.92 bits per heavy atom. The molecule has 0 aliphatic heterocycles. The van der Waals surface area contributed by atoms with Crippen molar-refractivity contribution < 1.29 is 18.0 Å². The van der Waals surface area contributed by atoms with Crippen molar-refractivity contribution in [2.45, 2.75) is 6.04 Å². The van der Waals surface area contributed by atoms with Crippen LogP contribution in [0.2, 0.25) is 0 Å². The molecule has 0 rings (SSSR count). The Labute approximate surface area is 74.4 Å². The average molecular weight is 205 g/mol. The van der Waals surface area contributed by atoms with Gasteiger partial charge in [0.1, 0.15) is 0 Å². The zero-order chi connectivity index (χ0) is 10.3. The Kier molecular flexibility index (Phi) is 4.79. The summed E-state index contributed by atoms with van der Waals surface area (Å²) in [6.45, 7) is -0.241. The molecular formula is C5H7N3O4S. The predicted octanol–water partition coefficient (Wildman–Crippen LogP) is -1.68. The molecule has 0 spiro atoms. The zero-order valence-electron chi connectivity index (χ0n) is 6.50. The second-order valence-electron chi connectivity index (χ2n) is 2.14. The Hall–Kier alpha value is -1.33. The number of hydrogen-bond donors (Lipinski definition) is 1. The largest absolute Gasteiger partial charge is 0.235 e. The normalized spacial score (nSPS) is 12.4. The highest BCUT2D eigenvalue weighted by atomic mass is 32.2. The fourth-order valence-corrected chi connectivity index (χ4v) is 1.33. The van der Waals surface area contributed by atoms with Gasteiger partial charge in [0.2, 0.25) is 22.2 Å². The van der Waals surface area contributed by atoms with Crippen LogP contribution < -0.4 is 5.14 Å². The predicted molar refractivity (Wildman–Crippen MR) is 42.9 cm³/mol. The number of sulfonamides is 1. The van der Waals surface area contributed by atoms with Gasteiger partial charge in [-0.3, -0.25) is 0 Å². The van der Waals surface area contributed by atoms with E-state index in [1.807, 2.05) is 0 Å². The maximum Gasteiger partial charge on any atom is 0.235 e. The van der Waals surface area contributed by atoms with Crippen LogP contribution in [0.15, 0.2) is 9.98 Å². The number of primary sulfonamides is 1. The first-order valence-electron chi connectivity index (χ1n) is 3.10. The van der Waals surface area contributed by atoms with Crippen LogP contribution in [0.1, 0.15) is 0 Å². The third-order valence-corrected chi connectivity index (χ3v) is 1.88. The second-order valence-corrected chi connectivity index (χ2v) is 3.79. The minimum absolute atomic E-state index is 0.241. The molecule has 1 unspecified atom stereocenters. The summed E-state index contributed by atoms with van der Waals surface area (Å²) in [4.78, 5) is 25.6. The highest BCUT2D eigenvalue weighted by molar-refractivity contribution is 7.89. The average Bonchev–Trinajstić information content (AvgIpc) is 1.98. The van der Waals surface area contributed by atoms with Crippen LogP contribution >= 0.6 is 0 Å². The summed E-state index contributed by atoms with van der Waals surface area (Å²) in [6.07, 6.45) is 2.36. The van der Waals surface area contributed by atoms with Crippen molar-refractivity contribution in [1.82, 2.24) is 0 Å². The van der Waals surface area contributed by atoms with E-state index >= 15 is 0 Å². The third-order valence-electron chi connectivity index (χ3n) is 1.03. The van der Waals surface area contributed by atoms with Crippen molar-refractivity contribution >= 4 is 22.2 Å². The van der Waals surface area contributed by atoms with Gasteiger partial charge in [-0.1, -0.05) is 0 Å². The Balaban J connectivity index is 4.43. The smallest absolute Gasteiger partial charge is 0.229 e. The number of nitrogens with two attached hydrogens (primary N) is 1. The van der Waals surface area contributed by atoms with Crippen LogP contribution in [-0.4, -0.2) is 38.9 Å². The number of hydrogen-bond acceptors (Lipinski definition) is 6. The molecule has 0 fully saturated rings. The minimum atomic E-state index is -3.74. The van der Waals surface area contributed by atoms with Crippen LogP contribution in [0.3, 0.4) is 0 Å². The molecule has 1 atom stereocenters. The third kappa shape index (κ3) is 7.04. The second kappa shape index (κ2) is 5.34. The summed E-state index contributed by atoms with van der Waals surface area (Å²) < 4.78 is 21.1. The summed E-state index contributed by atoms with van der Waals surface area (Å²) in [6, 6.07) is -0.964. The maximum atomic E-state index is 10.5. The van der Waals surface area contributed by atoms with Crippen LogP contribution in [0.5, 0.6) is 0 Å². The molecule has 0 aromatic heterocycles. The minimum Gasteiger partial charge on any atom is -0.229 e. The Morgan fingerprint density at radius 3 is 2.31 bits per heavy atom. The van der Waals surface area contributed by atoms with Gasteiger partial charge in [0.25, 0.3) is 0 Å². The van der Waals surface area contributed by atoms with E-state index in [9.17, 15) is 18.0 Å². The van der Waals surface area contributed by atoms with Crippen LogP contribution in [-0.2, 0) is 19.6 Å². The van der Waals surface area contributed by atoms with Crippen molar-refractivity contribution in [3.63, 3.8) is 0 Å². The lowest BCUT2D eigenvalue weighted by Gasteiger charge is -2.03. The van der Waals surface area contributed by atoms with Crippen LogP contribution in [0, 0.1) is 0 Å². The van der Waals surface area contributed by atoms with Gasteiger partial charge >= 0.3 is 0 Å². The van der Waals surface area contributed by atoms with Crippen molar-refractivity contribution in [2.24, 2.45) is 15.1 Å². The molecule has 0 aromatic carbocycles. The van der Waals surface area contributed by atoms with E-state index in [2.05, 4.69) is 15.1 Å². The molecule has 0 bridgehead atoms. The molecule has 72 valence electrons. The number of isocyanates is 2. The van der Waals surface area contributed by atoms with Gasteiger partial charge in [-0.15, -0.1) is 0 Å². The molecule has 8 heteroatoms. The first-order chi connectivity index (χ1) is 5.99. The molecule has 0 saturated heterocycles. The quantitative estimate of drug-likeness (QED) is 0.425. The van der Waals surface area contributed by atoms with Gasteiger partial charge in [0, 0.05) is 0 Å². The molecule has 0 heterocycles. The van der Waals surface area contributed by atoms with Gasteiger partial charge in [-0.05, 0) is 0 Å². The topological polar surface area (TPSA) is 119 Å². The number of rotatable bonds is 5. The van der Waals surface area contributed by atoms with E-state index in [0.717, 1.165) is 6.08 Å². The van der Waals surface area contributed by atoms with E-state index < -0.39 is 21.8 Å². The number of carbonyl (C=O) groups excluding carboxylic acids is 2. The number of aliphatic imine (C=N–C) groups is 2. The fraction of sp³-hybridized carbons (Fsp3) is 0.600. The molecule has 7 nitrogen and oxygen atoms in total. The highest BCUT2D eigenvalue weighted by Crippen LogP contribution is 1.94. The lowest BCUT2D eigenvalue weighted by Crippen LogP contribution is -2.27. The monoisotopic (exact) mass is 205 g/mol. The van der Waals surface area contributed by atoms with E-state index in [1.54, 1.807) is 0 Å². The molecule has 13 heavy (non-hydrogen) atoms. The van der Waals surface area contributed by atoms with Gasteiger partial charge in [0.15, 0.2) is 0 Å². The van der Waals surface area contributed by atoms with E-state index in [1.165, 1.54) is 6.08 Å². The Morgan fingerprint density at radius 1 is 1.31 bits per heavy atom. The standard InChI is InChI=1S/C5H7N3O4S/c6-13(11,12)2-5(8-4-10)1-7-3-9/h5H,1-2H2,(H2,6,11,12). The summed E-state index contributed by atoms with van der Waals surface area (Å²) in [7, 11) is -3.74. The van der Waals surface area contributed by atoms with E-state index in [4.69, 9.17) is 0 Å². The molecule has 0 aliphatic rings.